The molecule has 0 bridgehead atoms. The van der Waals surface area contributed by atoms with Gasteiger partial charge in [0.2, 0.25) is 0 Å². The average Bonchev–Trinajstić information content (AvgIpc) is 2.95. The normalized spacial score (nSPS) is 11.9. The van der Waals surface area contributed by atoms with E-state index in [1.807, 2.05) is 43.3 Å². The van der Waals surface area contributed by atoms with Crippen molar-refractivity contribution in [3.8, 4) is 0 Å². The lowest BCUT2D eigenvalue weighted by molar-refractivity contribution is 0.568. The summed E-state index contributed by atoms with van der Waals surface area (Å²) in [5, 5.41) is 9.58. The number of nitrogens with zero attached hydrogens (tertiary/aromatic N) is 2. The van der Waals surface area contributed by atoms with Gasteiger partial charge >= 0.3 is 5.63 Å². The molecule has 0 aliphatic rings. The van der Waals surface area contributed by atoms with Crippen LogP contribution in [0.4, 0.5) is 0 Å². The van der Waals surface area contributed by atoms with Crippen molar-refractivity contribution in [2.45, 2.75) is 6.92 Å². The monoisotopic (exact) mass is 333 g/mol. The van der Waals surface area contributed by atoms with Gasteiger partial charge in [0, 0.05) is 5.39 Å². The highest BCUT2D eigenvalue weighted by atomic mass is 32.1. The zero-order chi connectivity index (χ0) is 16.4. The fourth-order valence-corrected chi connectivity index (χ4v) is 4.29. The van der Waals surface area contributed by atoms with Crippen molar-refractivity contribution < 1.29 is 4.42 Å². The summed E-state index contributed by atoms with van der Waals surface area (Å²) in [7, 11) is 0. The SMILES string of the molecule is Cc1cccc2sc3nc4c(c(=O)oc5ccccc54)c(=N)n3c12. The molecule has 5 rings (SSSR count). The Labute approximate surface area is 138 Å². The quantitative estimate of drug-likeness (QED) is 0.348. The number of hydrogen-bond acceptors (Lipinski definition) is 5. The first-order chi connectivity index (χ1) is 11.6. The van der Waals surface area contributed by atoms with Gasteiger partial charge in [0.1, 0.15) is 16.5 Å². The lowest BCUT2D eigenvalue weighted by Crippen LogP contribution is -2.20. The van der Waals surface area contributed by atoms with E-state index in [1.165, 1.54) is 11.3 Å². The lowest BCUT2D eigenvalue weighted by atomic mass is 10.2. The van der Waals surface area contributed by atoms with Crippen LogP contribution in [0.1, 0.15) is 5.56 Å². The van der Waals surface area contributed by atoms with Gasteiger partial charge in [0.15, 0.2) is 4.96 Å². The van der Waals surface area contributed by atoms with Gasteiger partial charge in [-0.15, -0.1) is 0 Å². The Hall–Kier alpha value is -2.99. The Morgan fingerprint density at radius 2 is 2.00 bits per heavy atom. The number of hydrogen-bond donors (Lipinski definition) is 1. The Kier molecular flexibility index (Phi) is 2.53. The third-order valence-corrected chi connectivity index (χ3v) is 5.28. The number of rotatable bonds is 0. The summed E-state index contributed by atoms with van der Waals surface area (Å²) < 4.78 is 8.18. The molecule has 0 unspecified atom stereocenters. The topological polar surface area (TPSA) is 71.4 Å². The molecule has 0 amide bonds. The van der Waals surface area contributed by atoms with Gasteiger partial charge < -0.3 is 4.42 Å². The van der Waals surface area contributed by atoms with Crippen LogP contribution in [-0.4, -0.2) is 9.38 Å². The molecule has 24 heavy (non-hydrogen) atoms. The van der Waals surface area contributed by atoms with E-state index in [1.54, 1.807) is 10.5 Å². The molecule has 116 valence electrons. The van der Waals surface area contributed by atoms with Gasteiger partial charge in [0.25, 0.3) is 0 Å². The maximum absolute atomic E-state index is 12.5. The number of nitrogens with one attached hydrogen (secondary N) is 1. The van der Waals surface area contributed by atoms with Crippen molar-refractivity contribution in [3.05, 3.63) is 63.9 Å². The molecule has 0 radical (unpaired) electrons. The van der Waals surface area contributed by atoms with Gasteiger partial charge in [-0.3, -0.25) is 9.81 Å². The highest BCUT2D eigenvalue weighted by Gasteiger charge is 2.16. The molecule has 1 N–H and O–H groups in total. The molecule has 3 heterocycles. The molecular weight excluding hydrogens is 322 g/mol. The highest BCUT2D eigenvalue weighted by Crippen LogP contribution is 2.28. The molecule has 0 aliphatic heterocycles. The second kappa shape index (κ2) is 4.52. The molecule has 0 atom stereocenters. The third-order valence-electron chi connectivity index (χ3n) is 4.27. The zero-order valence-corrected chi connectivity index (χ0v) is 13.5. The van der Waals surface area contributed by atoms with Gasteiger partial charge in [-0.05, 0) is 30.7 Å². The van der Waals surface area contributed by atoms with Crippen LogP contribution in [0.2, 0.25) is 0 Å². The first-order valence-corrected chi connectivity index (χ1v) is 8.28. The van der Waals surface area contributed by atoms with E-state index in [-0.39, 0.29) is 10.9 Å². The van der Waals surface area contributed by atoms with Gasteiger partial charge in [0.05, 0.1) is 15.7 Å². The van der Waals surface area contributed by atoms with E-state index in [2.05, 4.69) is 0 Å². The molecule has 0 aliphatic carbocycles. The third kappa shape index (κ3) is 1.60. The first-order valence-electron chi connectivity index (χ1n) is 7.46. The van der Waals surface area contributed by atoms with Gasteiger partial charge in [-0.1, -0.05) is 35.6 Å². The predicted octanol–water partition coefficient (Wildman–Crippen LogP) is 3.60. The number of benzene rings is 2. The maximum Gasteiger partial charge on any atom is 0.349 e. The van der Waals surface area contributed by atoms with E-state index in [4.69, 9.17) is 14.8 Å². The smallest absolute Gasteiger partial charge is 0.349 e. The minimum atomic E-state index is -0.525. The van der Waals surface area contributed by atoms with Crippen LogP contribution in [0.5, 0.6) is 0 Å². The predicted molar refractivity (Wildman–Crippen MR) is 94.7 cm³/mol. The lowest BCUT2D eigenvalue weighted by Gasteiger charge is -2.04. The molecule has 0 saturated carbocycles. The van der Waals surface area contributed by atoms with E-state index in [0.717, 1.165) is 21.2 Å². The molecule has 3 aromatic heterocycles. The van der Waals surface area contributed by atoms with Crippen LogP contribution < -0.4 is 11.1 Å². The van der Waals surface area contributed by atoms with E-state index in [9.17, 15) is 4.79 Å². The van der Waals surface area contributed by atoms with Crippen LogP contribution in [0.3, 0.4) is 0 Å². The number of aryl methyl sites for hydroxylation is 1. The van der Waals surface area contributed by atoms with E-state index >= 15 is 0 Å². The van der Waals surface area contributed by atoms with Crippen molar-refractivity contribution in [1.29, 1.82) is 5.41 Å². The fourth-order valence-electron chi connectivity index (χ4n) is 3.19. The van der Waals surface area contributed by atoms with Crippen LogP contribution in [0.15, 0.2) is 51.7 Å². The summed E-state index contributed by atoms with van der Waals surface area (Å²) in [4.78, 5) is 17.9. The molecule has 0 saturated heterocycles. The molecule has 5 nitrogen and oxygen atoms in total. The largest absolute Gasteiger partial charge is 0.422 e. The number of aromatic nitrogens is 2. The van der Waals surface area contributed by atoms with E-state index in [0.29, 0.717) is 16.1 Å². The van der Waals surface area contributed by atoms with Crippen LogP contribution >= 0.6 is 11.3 Å². The summed E-state index contributed by atoms with van der Waals surface area (Å²) in [5.74, 6) is 0. The molecule has 0 fully saturated rings. The van der Waals surface area contributed by atoms with Crippen LogP contribution in [0, 0.1) is 12.3 Å². The zero-order valence-electron chi connectivity index (χ0n) is 12.7. The summed E-state index contributed by atoms with van der Waals surface area (Å²) in [6.45, 7) is 1.99. The molecular formula is C18H11N3O2S. The molecule has 5 aromatic rings. The van der Waals surface area contributed by atoms with Crippen LogP contribution in [0.25, 0.3) is 37.0 Å². The van der Waals surface area contributed by atoms with Crippen molar-refractivity contribution in [2.24, 2.45) is 0 Å². The fraction of sp³-hybridized carbons (Fsp3) is 0.0556. The number of thiazole rings is 1. The summed E-state index contributed by atoms with van der Waals surface area (Å²) in [6.07, 6.45) is 0. The second-order valence-electron chi connectivity index (χ2n) is 5.71. The number of para-hydroxylation sites is 2. The van der Waals surface area contributed by atoms with Gasteiger partial charge in [-0.25, -0.2) is 9.78 Å². The first kappa shape index (κ1) is 13.4. The Bertz CT molecular complexity index is 1410. The molecule has 6 heteroatoms. The Balaban J connectivity index is 2.17. The Morgan fingerprint density at radius 3 is 2.88 bits per heavy atom. The minimum Gasteiger partial charge on any atom is -0.422 e. The van der Waals surface area contributed by atoms with Gasteiger partial charge in [-0.2, -0.15) is 0 Å². The summed E-state index contributed by atoms with van der Waals surface area (Å²) in [6, 6.07) is 13.3. The Morgan fingerprint density at radius 1 is 1.17 bits per heavy atom. The highest BCUT2D eigenvalue weighted by molar-refractivity contribution is 7.23. The van der Waals surface area contributed by atoms with E-state index < -0.39 is 5.63 Å². The second-order valence-corrected chi connectivity index (χ2v) is 6.72. The average molecular weight is 333 g/mol. The molecule has 0 spiro atoms. The van der Waals surface area contributed by atoms with Crippen molar-refractivity contribution in [1.82, 2.24) is 9.38 Å². The summed E-state index contributed by atoms with van der Waals surface area (Å²) in [5.41, 5.74) is 2.58. The van der Waals surface area contributed by atoms with Crippen molar-refractivity contribution in [3.63, 3.8) is 0 Å². The standard InChI is InChI=1S/C18H11N3O2S/c1-9-5-4-8-12-15(9)21-16(19)13-14(20-18(21)24-12)10-6-2-3-7-11(10)23-17(13)22/h2-8,19H,1H3. The maximum atomic E-state index is 12.5. The molecule has 2 aromatic carbocycles. The summed E-state index contributed by atoms with van der Waals surface area (Å²) >= 11 is 1.52. The van der Waals surface area contributed by atoms with Crippen molar-refractivity contribution in [2.75, 3.05) is 0 Å². The van der Waals surface area contributed by atoms with Crippen LogP contribution in [-0.2, 0) is 0 Å². The van der Waals surface area contributed by atoms with Crippen molar-refractivity contribution >= 4 is 48.4 Å². The minimum absolute atomic E-state index is 0.120. The number of fused-ring (bicyclic) bond motifs is 6.